The van der Waals surface area contributed by atoms with Gasteiger partial charge in [-0.25, -0.2) is 8.42 Å². The van der Waals surface area contributed by atoms with Gasteiger partial charge in [-0.3, -0.25) is 4.79 Å². The van der Waals surface area contributed by atoms with Crippen molar-refractivity contribution >= 4 is 16.0 Å². The Kier molecular flexibility index (Phi) is 5.00. The fourth-order valence-electron chi connectivity index (χ4n) is 2.65. The van der Waals surface area contributed by atoms with Gasteiger partial charge in [0.15, 0.2) is 0 Å². The third kappa shape index (κ3) is 3.83. The molecule has 116 valence electrons. The number of hydrogen-bond acceptors (Lipinski definition) is 3. The van der Waals surface area contributed by atoms with Crippen molar-refractivity contribution in [3.63, 3.8) is 0 Å². The van der Waals surface area contributed by atoms with E-state index in [1.54, 1.807) is 12.1 Å². The van der Waals surface area contributed by atoms with Gasteiger partial charge < -0.3 is 5.11 Å². The van der Waals surface area contributed by atoms with Gasteiger partial charge in [-0.05, 0) is 55.4 Å². The van der Waals surface area contributed by atoms with Crippen molar-refractivity contribution < 1.29 is 18.3 Å². The summed E-state index contributed by atoms with van der Waals surface area (Å²) in [6.07, 6.45) is 4.95. The number of sulfonamides is 1. The number of nitrogens with one attached hydrogen (secondary N) is 1. The molecule has 0 bridgehead atoms. The molecule has 0 radical (unpaired) electrons. The zero-order valence-electron chi connectivity index (χ0n) is 12.1. The van der Waals surface area contributed by atoms with Gasteiger partial charge in [-0.15, -0.1) is 0 Å². The molecule has 0 saturated carbocycles. The van der Waals surface area contributed by atoms with Gasteiger partial charge in [0.25, 0.3) is 0 Å². The van der Waals surface area contributed by atoms with Gasteiger partial charge in [-0.1, -0.05) is 19.4 Å². The van der Waals surface area contributed by atoms with Crippen LogP contribution in [0.25, 0.3) is 0 Å². The van der Waals surface area contributed by atoms with Crippen molar-refractivity contribution in [2.24, 2.45) is 0 Å². The van der Waals surface area contributed by atoms with Crippen LogP contribution in [0.3, 0.4) is 0 Å². The minimum Gasteiger partial charge on any atom is -0.480 e. The van der Waals surface area contributed by atoms with Gasteiger partial charge in [0.1, 0.15) is 6.04 Å². The quantitative estimate of drug-likeness (QED) is 0.842. The maximum absolute atomic E-state index is 12.3. The van der Waals surface area contributed by atoms with E-state index in [1.165, 1.54) is 5.56 Å². The molecule has 0 spiro atoms. The van der Waals surface area contributed by atoms with Crippen LogP contribution in [-0.2, 0) is 27.7 Å². The molecule has 0 fully saturated rings. The first kappa shape index (κ1) is 16.0. The number of carboxylic acids is 1. The molecule has 1 aromatic carbocycles. The number of aliphatic carboxylic acids is 1. The van der Waals surface area contributed by atoms with E-state index in [1.807, 2.05) is 13.0 Å². The van der Waals surface area contributed by atoms with Crippen LogP contribution in [0.2, 0.25) is 0 Å². The van der Waals surface area contributed by atoms with E-state index in [9.17, 15) is 13.2 Å². The summed E-state index contributed by atoms with van der Waals surface area (Å²) in [6, 6.07) is 4.02. The first-order valence-corrected chi connectivity index (χ1v) is 8.79. The zero-order valence-corrected chi connectivity index (χ0v) is 12.9. The molecule has 21 heavy (non-hydrogen) atoms. The van der Waals surface area contributed by atoms with Crippen LogP contribution < -0.4 is 4.72 Å². The zero-order chi connectivity index (χ0) is 15.5. The van der Waals surface area contributed by atoms with Crippen molar-refractivity contribution in [3.8, 4) is 0 Å². The summed E-state index contributed by atoms with van der Waals surface area (Å²) in [4.78, 5) is 11.3. The van der Waals surface area contributed by atoms with Crippen LogP contribution in [0, 0.1) is 0 Å². The number of aryl methyl sites for hydroxylation is 2. The third-order valence-electron chi connectivity index (χ3n) is 3.80. The predicted octanol–water partition coefficient (Wildman–Crippen LogP) is 2.10. The lowest BCUT2D eigenvalue weighted by molar-refractivity contribution is -0.139. The van der Waals surface area contributed by atoms with Crippen molar-refractivity contribution in [1.82, 2.24) is 4.72 Å². The Bertz CT molecular complexity index is 625. The molecule has 1 aromatic rings. The van der Waals surface area contributed by atoms with E-state index in [0.29, 0.717) is 6.42 Å². The Morgan fingerprint density at radius 3 is 2.57 bits per heavy atom. The van der Waals surface area contributed by atoms with E-state index >= 15 is 0 Å². The lowest BCUT2D eigenvalue weighted by Gasteiger charge is -2.18. The van der Waals surface area contributed by atoms with E-state index in [2.05, 4.69) is 4.72 Å². The molecule has 0 aromatic heterocycles. The molecule has 2 N–H and O–H groups in total. The normalized spacial score (nSPS) is 16.2. The minimum absolute atomic E-state index is 0.158. The molecule has 0 saturated heterocycles. The molecule has 0 aliphatic heterocycles. The largest absolute Gasteiger partial charge is 0.480 e. The smallest absolute Gasteiger partial charge is 0.321 e. The van der Waals surface area contributed by atoms with E-state index in [0.717, 1.165) is 31.2 Å². The Morgan fingerprint density at radius 2 is 1.95 bits per heavy atom. The monoisotopic (exact) mass is 311 g/mol. The van der Waals surface area contributed by atoms with Crippen molar-refractivity contribution in [3.05, 3.63) is 29.3 Å². The maximum atomic E-state index is 12.3. The second-order valence-corrected chi connectivity index (χ2v) is 7.15. The molecule has 5 nitrogen and oxygen atoms in total. The number of carbonyl (C=O) groups is 1. The minimum atomic E-state index is -3.79. The first-order chi connectivity index (χ1) is 9.94. The number of hydrogen-bond donors (Lipinski definition) is 2. The Labute approximate surface area is 125 Å². The summed E-state index contributed by atoms with van der Waals surface area (Å²) in [6.45, 7) is 1.82. The second kappa shape index (κ2) is 6.58. The molecular formula is C15H21NO4S. The highest BCUT2D eigenvalue weighted by Gasteiger charge is 2.25. The Morgan fingerprint density at radius 1 is 1.29 bits per heavy atom. The van der Waals surface area contributed by atoms with Crippen molar-refractivity contribution in [2.45, 2.75) is 56.4 Å². The molecule has 2 rings (SSSR count). The molecule has 6 heteroatoms. The Balaban J connectivity index is 2.24. The maximum Gasteiger partial charge on any atom is 0.321 e. The van der Waals surface area contributed by atoms with E-state index in [-0.39, 0.29) is 11.3 Å². The highest BCUT2D eigenvalue weighted by atomic mass is 32.2. The lowest BCUT2D eigenvalue weighted by atomic mass is 9.92. The number of fused-ring (bicyclic) bond motifs is 1. The van der Waals surface area contributed by atoms with Crippen LogP contribution in [-0.4, -0.2) is 25.5 Å². The standard InChI is InChI=1S/C15H21NO4S/c1-2-5-14(15(17)18)16-21(19,20)13-9-8-11-6-3-4-7-12(11)10-13/h8-10,14,16H,2-7H2,1H3,(H,17,18)/t14-/m1/s1. The molecule has 0 amide bonds. The number of rotatable bonds is 6. The summed E-state index contributed by atoms with van der Waals surface area (Å²) in [5.41, 5.74) is 2.26. The topological polar surface area (TPSA) is 83.5 Å². The lowest BCUT2D eigenvalue weighted by Crippen LogP contribution is -2.40. The molecule has 0 unspecified atom stereocenters. The highest BCUT2D eigenvalue weighted by molar-refractivity contribution is 7.89. The molecule has 1 aliphatic rings. The predicted molar refractivity (Wildman–Crippen MR) is 79.7 cm³/mol. The second-order valence-electron chi connectivity index (χ2n) is 5.44. The summed E-state index contributed by atoms with van der Waals surface area (Å²) >= 11 is 0. The molecule has 1 aliphatic carbocycles. The summed E-state index contributed by atoms with van der Waals surface area (Å²) < 4.78 is 27.0. The van der Waals surface area contributed by atoms with E-state index < -0.39 is 22.0 Å². The van der Waals surface area contributed by atoms with Gasteiger partial charge >= 0.3 is 5.97 Å². The molecule has 0 heterocycles. The van der Waals surface area contributed by atoms with Gasteiger partial charge in [0.2, 0.25) is 10.0 Å². The van der Waals surface area contributed by atoms with Crippen molar-refractivity contribution in [1.29, 1.82) is 0 Å². The first-order valence-electron chi connectivity index (χ1n) is 7.31. The van der Waals surface area contributed by atoms with Gasteiger partial charge in [-0.2, -0.15) is 4.72 Å². The van der Waals surface area contributed by atoms with Crippen LogP contribution in [0.1, 0.15) is 43.7 Å². The van der Waals surface area contributed by atoms with Crippen LogP contribution in [0.4, 0.5) is 0 Å². The fraction of sp³-hybridized carbons (Fsp3) is 0.533. The average Bonchev–Trinajstić information content (AvgIpc) is 2.46. The molecular weight excluding hydrogens is 290 g/mol. The third-order valence-corrected chi connectivity index (χ3v) is 5.27. The number of carboxylic acid groups (broad SMARTS) is 1. The van der Waals surface area contributed by atoms with Crippen LogP contribution >= 0.6 is 0 Å². The van der Waals surface area contributed by atoms with E-state index in [4.69, 9.17) is 5.11 Å². The van der Waals surface area contributed by atoms with Crippen molar-refractivity contribution in [2.75, 3.05) is 0 Å². The SMILES string of the molecule is CCC[C@@H](NS(=O)(=O)c1ccc2c(c1)CCCC2)C(=O)O. The summed E-state index contributed by atoms with van der Waals surface area (Å²) in [7, 11) is -3.79. The fourth-order valence-corrected chi connectivity index (χ4v) is 3.93. The molecule has 1 atom stereocenters. The Hall–Kier alpha value is -1.40. The average molecular weight is 311 g/mol. The highest BCUT2D eigenvalue weighted by Crippen LogP contribution is 2.24. The number of benzene rings is 1. The summed E-state index contributed by atoms with van der Waals surface area (Å²) in [5, 5.41) is 9.08. The van der Waals surface area contributed by atoms with Gasteiger partial charge in [0, 0.05) is 0 Å². The summed E-state index contributed by atoms with van der Waals surface area (Å²) in [5.74, 6) is -1.14. The van der Waals surface area contributed by atoms with Crippen LogP contribution in [0.5, 0.6) is 0 Å². The van der Waals surface area contributed by atoms with Gasteiger partial charge in [0.05, 0.1) is 4.90 Å². The van der Waals surface area contributed by atoms with Crippen LogP contribution in [0.15, 0.2) is 23.1 Å².